The number of nitrogens with one attached hydrogen (secondary N) is 1. The molecule has 7 N–H and O–H groups in total. The van der Waals surface area contributed by atoms with E-state index in [1.165, 1.54) is 6.20 Å². The molecule has 0 fully saturated rings. The van der Waals surface area contributed by atoms with E-state index in [0.717, 1.165) is 0 Å². The van der Waals surface area contributed by atoms with Crippen molar-refractivity contribution in [3.8, 4) is 0 Å². The van der Waals surface area contributed by atoms with E-state index in [1.807, 2.05) is 5.43 Å². The molecule has 7 nitrogen and oxygen atoms in total. The van der Waals surface area contributed by atoms with E-state index in [-0.39, 0.29) is 11.7 Å². The van der Waals surface area contributed by atoms with Crippen molar-refractivity contribution >= 4 is 11.7 Å². The highest BCUT2D eigenvalue weighted by atomic mass is 16.2. The molecule has 0 bridgehead atoms. The lowest BCUT2D eigenvalue weighted by Gasteiger charge is -2.02. The molecule has 1 aromatic rings. The molecule has 0 saturated heterocycles. The maximum Gasteiger partial charge on any atom is 0.265 e. The Bertz CT molecular complexity index is 388. The second kappa shape index (κ2) is 4.91. The minimum atomic E-state index is -0.387. The second-order valence-corrected chi connectivity index (χ2v) is 2.81. The number of hydrogen-bond acceptors (Lipinski definition) is 5. The highest BCUT2D eigenvalue weighted by Gasteiger charge is 2.05. The van der Waals surface area contributed by atoms with E-state index in [4.69, 9.17) is 17.4 Å². The molecule has 0 aliphatic rings. The van der Waals surface area contributed by atoms with Crippen LogP contribution in [-0.4, -0.2) is 16.7 Å². The summed E-state index contributed by atoms with van der Waals surface area (Å²) in [5, 5.41) is 3.31. The number of nitrogens with two attached hydrogens (primary N) is 3. The summed E-state index contributed by atoms with van der Waals surface area (Å²) in [6.07, 6.45) is 1.78. The van der Waals surface area contributed by atoms with E-state index in [0.29, 0.717) is 17.7 Å². The monoisotopic (exact) mass is 208 g/mol. The van der Waals surface area contributed by atoms with Gasteiger partial charge in [0.05, 0.1) is 0 Å². The van der Waals surface area contributed by atoms with E-state index in [9.17, 15) is 4.79 Å². The van der Waals surface area contributed by atoms with Gasteiger partial charge in [-0.3, -0.25) is 15.2 Å². The molecular formula is C8H12N6O. The molecule has 0 saturated carbocycles. The summed E-state index contributed by atoms with van der Waals surface area (Å²) in [7, 11) is 0. The number of hydrogen-bond donors (Lipinski definition) is 4. The number of hydrazine groups is 1. The lowest BCUT2D eigenvalue weighted by molar-refractivity contribution is 0.0953. The number of nitrogens with zero attached hydrogens (tertiary/aromatic N) is 2. The summed E-state index contributed by atoms with van der Waals surface area (Å²) >= 11 is 0. The van der Waals surface area contributed by atoms with Crippen molar-refractivity contribution in [2.24, 2.45) is 22.5 Å². The third kappa shape index (κ3) is 2.92. The van der Waals surface area contributed by atoms with Gasteiger partial charge < -0.3 is 11.6 Å². The van der Waals surface area contributed by atoms with Crippen molar-refractivity contribution in [2.45, 2.75) is 6.42 Å². The standard InChI is InChI=1S/C8H12N6O/c9-7(13-10)4-6-3-5(1-2-12-6)8(15)14-11/h1-3H,4,10-11H2,(H2,9,13)(H,14,15). The normalized spacial score (nSPS) is 11.1. The first-order valence-corrected chi connectivity index (χ1v) is 4.15. The molecule has 1 amide bonds. The summed E-state index contributed by atoms with van der Waals surface area (Å²) in [5.74, 6) is 9.83. The number of aromatic nitrogens is 1. The molecule has 15 heavy (non-hydrogen) atoms. The minimum Gasteiger partial charge on any atom is -0.385 e. The summed E-state index contributed by atoms with van der Waals surface area (Å²) < 4.78 is 0. The molecule has 1 aromatic heterocycles. The van der Waals surface area contributed by atoms with Crippen molar-refractivity contribution in [2.75, 3.05) is 0 Å². The zero-order chi connectivity index (χ0) is 11.3. The number of rotatable bonds is 3. The van der Waals surface area contributed by atoms with E-state index in [1.54, 1.807) is 12.1 Å². The molecule has 0 aromatic carbocycles. The minimum absolute atomic E-state index is 0.243. The van der Waals surface area contributed by atoms with Crippen LogP contribution in [0.25, 0.3) is 0 Å². The first-order valence-electron chi connectivity index (χ1n) is 4.15. The van der Waals surface area contributed by atoms with Gasteiger partial charge in [0.25, 0.3) is 5.91 Å². The molecule has 0 radical (unpaired) electrons. The van der Waals surface area contributed by atoms with Gasteiger partial charge in [-0.25, -0.2) is 5.84 Å². The molecule has 7 heteroatoms. The van der Waals surface area contributed by atoms with E-state index in [2.05, 4.69) is 10.1 Å². The highest BCUT2D eigenvalue weighted by molar-refractivity contribution is 5.94. The van der Waals surface area contributed by atoms with Crippen LogP contribution in [0.4, 0.5) is 0 Å². The Kier molecular flexibility index (Phi) is 3.58. The Morgan fingerprint density at radius 2 is 2.33 bits per heavy atom. The zero-order valence-corrected chi connectivity index (χ0v) is 7.97. The lowest BCUT2D eigenvalue weighted by Crippen LogP contribution is -2.30. The molecule has 1 heterocycles. The zero-order valence-electron chi connectivity index (χ0n) is 7.97. The number of amidine groups is 1. The highest BCUT2D eigenvalue weighted by Crippen LogP contribution is 2.02. The van der Waals surface area contributed by atoms with Crippen LogP contribution >= 0.6 is 0 Å². The van der Waals surface area contributed by atoms with Crippen LogP contribution in [-0.2, 0) is 6.42 Å². The first-order chi connectivity index (χ1) is 7.17. The molecule has 0 atom stereocenters. The fraction of sp³-hybridized carbons (Fsp3) is 0.125. The third-order valence-corrected chi connectivity index (χ3v) is 1.74. The average Bonchev–Trinajstić information content (AvgIpc) is 2.28. The van der Waals surface area contributed by atoms with Gasteiger partial charge in [-0.05, 0) is 12.1 Å². The SMILES string of the molecule is NN=C(N)Cc1cc(C(=O)NN)ccn1. The number of nitrogen functional groups attached to an aromatic ring is 1. The van der Waals surface area contributed by atoms with Gasteiger partial charge in [0.1, 0.15) is 5.84 Å². The van der Waals surface area contributed by atoms with Gasteiger partial charge in [0.2, 0.25) is 0 Å². The van der Waals surface area contributed by atoms with Gasteiger partial charge >= 0.3 is 0 Å². The van der Waals surface area contributed by atoms with Crippen LogP contribution in [0.5, 0.6) is 0 Å². The number of carbonyl (C=O) groups excluding carboxylic acids is 1. The van der Waals surface area contributed by atoms with Crippen LogP contribution in [0.3, 0.4) is 0 Å². The van der Waals surface area contributed by atoms with Gasteiger partial charge in [0, 0.05) is 23.9 Å². The van der Waals surface area contributed by atoms with Crippen molar-refractivity contribution in [1.29, 1.82) is 0 Å². The Balaban J connectivity index is 2.88. The fourth-order valence-corrected chi connectivity index (χ4v) is 1.03. The van der Waals surface area contributed by atoms with Crippen molar-refractivity contribution in [3.05, 3.63) is 29.6 Å². The third-order valence-electron chi connectivity index (χ3n) is 1.74. The van der Waals surface area contributed by atoms with Crippen LogP contribution in [0, 0.1) is 0 Å². The molecule has 0 aliphatic carbocycles. The summed E-state index contributed by atoms with van der Waals surface area (Å²) in [5.41, 5.74) is 8.46. The quantitative estimate of drug-likeness (QED) is 0.157. The molecule has 80 valence electrons. The average molecular weight is 208 g/mol. The first kappa shape index (κ1) is 10.9. The lowest BCUT2D eigenvalue weighted by atomic mass is 10.2. The Labute approximate surface area is 86.3 Å². The Morgan fingerprint density at radius 1 is 1.60 bits per heavy atom. The van der Waals surface area contributed by atoms with Gasteiger partial charge in [-0.15, -0.1) is 0 Å². The maximum absolute atomic E-state index is 11.2. The predicted molar refractivity (Wildman–Crippen MR) is 55.4 cm³/mol. The summed E-state index contributed by atoms with van der Waals surface area (Å²) in [6.45, 7) is 0. The van der Waals surface area contributed by atoms with Gasteiger partial charge in [-0.1, -0.05) is 0 Å². The van der Waals surface area contributed by atoms with Gasteiger partial charge in [-0.2, -0.15) is 5.10 Å². The molecule has 1 rings (SSSR count). The topological polar surface area (TPSA) is 132 Å². The molecule has 0 spiro atoms. The van der Waals surface area contributed by atoms with Crippen molar-refractivity contribution < 1.29 is 4.79 Å². The predicted octanol–water partition coefficient (Wildman–Crippen LogP) is -1.54. The maximum atomic E-state index is 11.2. The van der Waals surface area contributed by atoms with Crippen LogP contribution in [0.2, 0.25) is 0 Å². The molecule has 0 unspecified atom stereocenters. The van der Waals surface area contributed by atoms with E-state index >= 15 is 0 Å². The Morgan fingerprint density at radius 3 is 2.93 bits per heavy atom. The molecule has 0 aliphatic heterocycles. The number of hydrazone groups is 1. The smallest absolute Gasteiger partial charge is 0.265 e. The van der Waals surface area contributed by atoms with Crippen molar-refractivity contribution in [3.63, 3.8) is 0 Å². The van der Waals surface area contributed by atoms with Crippen LogP contribution in [0.15, 0.2) is 23.4 Å². The number of pyridine rings is 1. The van der Waals surface area contributed by atoms with Crippen LogP contribution < -0.4 is 22.8 Å². The Hall–Kier alpha value is -2.15. The number of amides is 1. The fourth-order valence-electron chi connectivity index (χ4n) is 1.03. The summed E-state index contributed by atoms with van der Waals surface area (Å²) in [6, 6.07) is 3.11. The van der Waals surface area contributed by atoms with E-state index < -0.39 is 0 Å². The van der Waals surface area contributed by atoms with Gasteiger partial charge in [0.15, 0.2) is 0 Å². The molecular weight excluding hydrogens is 196 g/mol. The largest absolute Gasteiger partial charge is 0.385 e. The van der Waals surface area contributed by atoms with Crippen molar-refractivity contribution in [1.82, 2.24) is 10.4 Å². The second-order valence-electron chi connectivity index (χ2n) is 2.81. The summed E-state index contributed by atoms with van der Waals surface area (Å²) in [4.78, 5) is 15.2. The van der Waals surface area contributed by atoms with Crippen LogP contribution in [0.1, 0.15) is 16.1 Å². The number of carbonyl (C=O) groups is 1.